The van der Waals surface area contributed by atoms with E-state index in [1.54, 1.807) is 12.1 Å². The summed E-state index contributed by atoms with van der Waals surface area (Å²) in [6.07, 6.45) is 2.98. The second-order valence-electron chi connectivity index (χ2n) is 8.02. The van der Waals surface area contributed by atoms with Gasteiger partial charge >= 0.3 is 0 Å². The minimum atomic E-state index is -3.60. The fourth-order valence-corrected chi connectivity index (χ4v) is 3.59. The maximum Gasteiger partial charge on any atom is 0.243 e. The molecule has 0 aliphatic rings. The molecule has 0 saturated carbocycles. The van der Waals surface area contributed by atoms with Crippen LogP contribution in [0.1, 0.15) is 30.9 Å². The molecule has 0 aliphatic carbocycles. The van der Waals surface area contributed by atoms with Crippen molar-refractivity contribution in [3.05, 3.63) is 71.5 Å². The second kappa shape index (κ2) is 12.5. The number of likely N-dealkylation sites (N-methyl/N-ethyl adjacent to an activating group) is 1. The molecule has 0 bridgehead atoms. The minimum Gasteiger partial charge on any atom is -0.354 e. The van der Waals surface area contributed by atoms with E-state index in [1.807, 2.05) is 37.3 Å². The highest BCUT2D eigenvalue weighted by Crippen LogP contribution is 2.16. The molecule has 0 heterocycles. The summed E-state index contributed by atoms with van der Waals surface area (Å²) in [5, 5.41) is 2.89. The zero-order valence-corrected chi connectivity index (χ0v) is 20.1. The van der Waals surface area contributed by atoms with Crippen LogP contribution in [0.25, 0.3) is 0 Å². The van der Waals surface area contributed by atoms with E-state index in [1.165, 1.54) is 24.1 Å². The van der Waals surface area contributed by atoms with Crippen LogP contribution in [0.4, 0.5) is 4.39 Å². The van der Waals surface area contributed by atoms with Gasteiger partial charge in [-0.2, -0.15) is 4.31 Å². The molecule has 1 N–H and O–H groups in total. The lowest BCUT2D eigenvalue weighted by Gasteiger charge is -2.32. The zero-order chi connectivity index (χ0) is 24.4. The van der Waals surface area contributed by atoms with E-state index in [4.69, 9.17) is 0 Å². The lowest BCUT2D eigenvalue weighted by molar-refractivity contribution is -0.141. The largest absolute Gasteiger partial charge is 0.354 e. The first-order valence-electron chi connectivity index (χ1n) is 10.9. The first-order valence-corrected chi connectivity index (χ1v) is 12.7. The molecule has 0 spiro atoms. The topological polar surface area (TPSA) is 86.8 Å². The Morgan fingerprint density at radius 3 is 2.24 bits per heavy atom. The number of benzene rings is 2. The first-order chi connectivity index (χ1) is 15.6. The van der Waals surface area contributed by atoms with Gasteiger partial charge in [-0.1, -0.05) is 55.8 Å². The second-order valence-corrected chi connectivity index (χ2v) is 10.1. The summed E-state index contributed by atoms with van der Waals surface area (Å²) in [6, 6.07) is 14.1. The van der Waals surface area contributed by atoms with E-state index in [9.17, 15) is 22.4 Å². The van der Waals surface area contributed by atoms with Crippen molar-refractivity contribution in [3.63, 3.8) is 0 Å². The van der Waals surface area contributed by atoms with Crippen LogP contribution in [-0.2, 0) is 32.6 Å². The molecule has 0 radical (unpaired) electrons. The van der Waals surface area contributed by atoms with Crippen molar-refractivity contribution in [2.45, 2.75) is 38.8 Å². The van der Waals surface area contributed by atoms with Crippen LogP contribution in [0.3, 0.4) is 0 Å². The predicted molar refractivity (Wildman–Crippen MR) is 126 cm³/mol. The molecule has 0 aromatic heterocycles. The van der Waals surface area contributed by atoms with Crippen LogP contribution in [0.5, 0.6) is 0 Å². The van der Waals surface area contributed by atoms with Gasteiger partial charge in [0.15, 0.2) is 0 Å². The van der Waals surface area contributed by atoms with E-state index in [-0.39, 0.29) is 18.9 Å². The monoisotopic (exact) mass is 477 g/mol. The summed E-state index contributed by atoms with van der Waals surface area (Å²) in [4.78, 5) is 27.9. The minimum absolute atomic E-state index is 0.0371. The van der Waals surface area contributed by atoms with Crippen LogP contribution < -0.4 is 5.32 Å². The van der Waals surface area contributed by atoms with Crippen LogP contribution in [0.2, 0.25) is 0 Å². The van der Waals surface area contributed by atoms with E-state index in [0.717, 1.165) is 29.0 Å². The zero-order valence-electron chi connectivity index (χ0n) is 19.3. The molecule has 0 aliphatic heterocycles. The molecule has 0 saturated heterocycles. The van der Waals surface area contributed by atoms with E-state index in [0.29, 0.717) is 12.1 Å². The Kier molecular flexibility index (Phi) is 9.99. The summed E-state index contributed by atoms with van der Waals surface area (Å²) >= 11 is 0. The highest BCUT2D eigenvalue weighted by molar-refractivity contribution is 7.88. The number of nitrogens with one attached hydrogen (secondary N) is 1. The van der Waals surface area contributed by atoms with Gasteiger partial charge in [0.05, 0.1) is 12.8 Å². The van der Waals surface area contributed by atoms with Gasteiger partial charge in [0.25, 0.3) is 0 Å². The smallest absolute Gasteiger partial charge is 0.243 e. The maximum absolute atomic E-state index is 13.4. The average Bonchev–Trinajstić information content (AvgIpc) is 2.77. The number of carbonyl (C=O) groups excluding carboxylic acids is 2. The molecule has 0 fully saturated rings. The van der Waals surface area contributed by atoms with Crippen molar-refractivity contribution in [1.29, 1.82) is 0 Å². The number of carbonyl (C=O) groups is 2. The SMILES string of the molecule is CCCCNC(=O)C(Cc1ccccc1)N(Cc1ccc(F)cc1)C(=O)CN(C)S(C)(=O)=O. The van der Waals surface area contributed by atoms with Gasteiger partial charge in [0.1, 0.15) is 11.9 Å². The normalized spacial score (nSPS) is 12.4. The Labute approximate surface area is 195 Å². The molecule has 2 rings (SSSR count). The van der Waals surface area contributed by atoms with Crippen molar-refractivity contribution < 1.29 is 22.4 Å². The molecule has 9 heteroatoms. The van der Waals surface area contributed by atoms with Gasteiger partial charge in [-0.15, -0.1) is 0 Å². The molecule has 2 aromatic rings. The van der Waals surface area contributed by atoms with E-state index in [2.05, 4.69) is 5.32 Å². The number of amides is 2. The van der Waals surface area contributed by atoms with Crippen LogP contribution in [0, 0.1) is 5.82 Å². The van der Waals surface area contributed by atoms with Crippen molar-refractivity contribution in [1.82, 2.24) is 14.5 Å². The molecule has 7 nitrogen and oxygen atoms in total. The van der Waals surface area contributed by atoms with Gasteiger partial charge in [-0.25, -0.2) is 12.8 Å². The molecule has 1 unspecified atom stereocenters. The fourth-order valence-electron chi connectivity index (χ4n) is 3.25. The predicted octanol–water partition coefficient (Wildman–Crippen LogP) is 2.57. The number of halogens is 1. The van der Waals surface area contributed by atoms with Crippen molar-refractivity contribution in [2.75, 3.05) is 26.4 Å². The summed E-state index contributed by atoms with van der Waals surface area (Å²) in [5.41, 5.74) is 1.49. The highest BCUT2D eigenvalue weighted by atomic mass is 32.2. The van der Waals surface area contributed by atoms with Gasteiger partial charge in [-0.05, 0) is 29.7 Å². The summed E-state index contributed by atoms with van der Waals surface area (Å²) in [5.74, 6) is -1.24. The van der Waals surface area contributed by atoms with Gasteiger partial charge in [-0.3, -0.25) is 9.59 Å². The van der Waals surface area contributed by atoms with Crippen LogP contribution in [0.15, 0.2) is 54.6 Å². The Hall–Kier alpha value is -2.78. The summed E-state index contributed by atoms with van der Waals surface area (Å²) in [6.45, 7) is 2.12. The van der Waals surface area contributed by atoms with Gasteiger partial charge in [0.2, 0.25) is 21.8 Å². The van der Waals surface area contributed by atoms with Gasteiger partial charge in [0, 0.05) is 26.6 Å². The van der Waals surface area contributed by atoms with Gasteiger partial charge < -0.3 is 10.2 Å². The molecule has 2 aromatic carbocycles. The third kappa shape index (κ3) is 8.58. The summed E-state index contributed by atoms with van der Waals surface area (Å²) < 4.78 is 38.1. The number of hydrogen-bond acceptors (Lipinski definition) is 4. The van der Waals surface area contributed by atoms with E-state index < -0.39 is 34.3 Å². The quantitative estimate of drug-likeness (QED) is 0.476. The standard InChI is InChI=1S/C24H32FN3O4S/c1-4-5-15-26-24(30)22(16-19-9-7-6-8-10-19)28(17-20-11-13-21(25)14-12-20)23(29)18-27(2)33(3,31)32/h6-14,22H,4-5,15-18H2,1-3H3,(H,26,30). The molecule has 2 amide bonds. The third-order valence-electron chi connectivity index (χ3n) is 5.29. The Bertz CT molecular complexity index is 1010. The maximum atomic E-state index is 13.4. The number of rotatable bonds is 12. The van der Waals surface area contributed by atoms with Crippen LogP contribution in [-0.4, -0.2) is 61.9 Å². The Balaban J connectivity index is 2.40. The Morgan fingerprint density at radius 2 is 1.67 bits per heavy atom. The van der Waals surface area contributed by atoms with Crippen molar-refractivity contribution in [3.8, 4) is 0 Å². The van der Waals surface area contributed by atoms with Crippen molar-refractivity contribution >= 4 is 21.8 Å². The highest BCUT2D eigenvalue weighted by Gasteiger charge is 2.31. The van der Waals surface area contributed by atoms with E-state index >= 15 is 0 Å². The summed E-state index contributed by atoms with van der Waals surface area (Å²) in [7, 11) is -2.28. The lowest BCUT2D eigenvalue weighted by Crippen LogP contribution is -2.53. The van der Waals surface area contributed by atoms with Crippen molar-refractivity contribution in [2.24, 2.45) is 0 Å². The molecule has 180 valence electrons. The average molecular weight is 478 g/mol. The number of sulfonamides is 1. The number of hydrogen-bond donors (Lipinski definition) is 1. The van der Waals surface area contributed by atoms with Crippen LogP contribution >= 0.6 is 0 Å². The number of nitrogens with zero attached hydrogens (tertiary/aromatic N) is 2. The lowest BCUT2D eigenvalue weighted by atomic mass is 10.0. The molecule has 1 atom stereocenters. The third-order valence-corrected chi connectivity index (χ3v) is 6.55. The molecule has 33 heavy (non-hydrogen) atoms. The number of unbranched alkanes of at least 4 members (excludes halogenated alkanes) is 1. The first kappa shape index (κ1) is 26.5. The molecular weight excluding hydrogens is 445 g/mol. The Morgan fingerprint density at radius 1 is 1.03 bits per heavy atom. The molecular formula is C24H32FN3O4S. The fraction of sp³-hybridized carbons (Fsp3) is 0.417.